The van der Waals surface area contributed by atoms with Crippen molar-refractivity contribution in [1.29, 1.82) is 0 Å². The van der Waals surface area contributed by atoms with Crippen molar-refractivity contribution >= 4 is 11.6 Å². The summed E-state index contributed by atoms with van der Waals surface area (Å²) in [6, 6.07) is 7.46. The standard InChI is InChI=1S/C17H23NO2/c1-11(2)9-14-15(17(14,3)4)16(19)18-12-7-6-8-13(10-12)20-5/h6-10,14-15H,1-5H3,(H,18,19)/t14-,15+/m0/s1. The van der Waals surface area contributed by atoms with Crippen LogP contribution in [0, 0.1) is 17.3 Å². The molecular weight excluding hydrogens is 250 g/mol. The van der Waals surface area contributed by atoms with Gasteiger partial charge in [-0.05, 0) is 37.3 Å². The number of rotatable bonds is 4. The number of nitrogens with one attached hydrogen (secondary N) is 1. The fourth-order valence-corrected chi connectivity index (χ4v) is 2.77. The Morgan fingerprint density at radius 3 is 2.65 bits per heavy atom. The van der Waals surface area contributed by atoms with Crippen molar-refractivity contribution in [2.45, 2.75) is 27.7 Å². The maximum atomic E-state index is 12.4. The summed E-state index contributed by atoms with van der Waals surface area (Å²) >= 11 is 0. The normalized spacial score (nSPS) is 22.9. The average Bonchev–Trinajstić information content (AvgIpc) is 2.90. The number of carbonyl (C=O) groups is 1. The van der Waals surface area contributed by atoms with Crippen LogP contribution in [0.25, 0.3) is 0 Å². The van der Waals surface area contributed by atoms with Crippen LogP contribution in [-0.2, 0) is 4.79 Å². The molecule has 0 bridgehead atoms. The van der Waals surface area contributed by atoms with Crippen LogP contribution in [0.4, 0.5) is 5.69 Å². The molecule has 3 heteroatoms. The van der Waals surface area contributed by atoms with Crippen LogP contribution < -0.4 is 10.1 Å². The van der Waals surface area contributed by atoms with Gasteiger partial charge in [-0.25, -0.2) is 0 Å². The summed E-state index contributed by atoms with van der Waals surface area (Å²) in [5.74, 6) is 1.21. The first kappa shape index (κ1) is 14.6. The lowest BCUT2D eigenvalue weighted by Crippen LogP contribution is -2.16. The third kappa shape index (κ3) is 2.87. The predicted molar refractivity (Wildman–Crippen MR) is 81.8 cm³/mol. The number of hydrogen-bond donors (Lipinski definition) is 1. The van der Waals surface area contributed by atoms with E-state index in [0.29, 0.717) is 5.92 Å². The van der Waals surface area contributed by atoms with E-state index in [4.69, 9.17) is 4.74 Å². The molecule has 108 valence electrons. The summed E-state index contributed by atoms with van der Waals surface area (Å²) in [4.78, 5) is 12.4. The molecule has 0 unspecified atom stereocenters. The highest BCUT2D eigenvalue weighted by Gasteiger charge is 2.60. The quantitative estimate of drug-likeness (QED) is 0.846. The first-order valence-electron chi connectivity index (χ1n) is 6.96. The smallest absolute Gasteiger partial charge is 0.228 e. The second kappa shape index (κ2) is 5.31. The van der Waals surface area contributed by atoms with E-state index in [-0.39, 0.29) is 17.2 Å². The van der Waals surface area contributed by atoms with Gasteiger partial charge in [0.05, 0.1) is 13.0 Å². The minimum absolute atomic E-state index is 0.0419. The molecule has 1 aliphatic carbocycles. The third-order valence-electron chi connectivity index (χ3n) is 4.04. The van der Waals surface area contributed by atoms with E-state index in [0.717, 1.165) is 11.4 Å². The number of amides is 1. The van der Waals surface area contributed by atoms with Crippen LogP contribution in [0.2, 0.25) is 0 Å². The summed E-state index contributed by atoms with van der Waals surface area (Å²) in [5.41, 5.74) is 2.09. The lowest BCUT2D eigenvalue weighted by molar-refractivity contribution is -0.118. The van der Waals surface area contributed by atoms with Crippen molar-refractivity contribution in [3.8, 4) is 5.75 Å². The molecule has 3 nitrogen and oxygen atoms in total. The third-order valence-corrected chi connectivity index (χ3v) is 4.04. The molecule has 0 spiro atoms. The number of methoxy groups -OCH3 is 1. The van der Waals surface area contributed by atoms with Gasteiger partial charge in [-0.2, -0.15) is 0 Å². The molecule has 0 aliphatic heterocycles. The molecule has 0 radical (unpaired) electrons. The molecule has 0 saturated heterocycles. The van der Waals surface area contributed by atoms with E-state index in [1.807, 2.05) is 24.3 Å². The molecular formula is C17H23NO2. The number of ether oxygens (including phenoxy) is 1. The Balaban J connectivity index is 2.08. The highest BCUT2D eigenvalue weighted by molar-refractivity contribution is 5.95. The first-order valence-corrected chi connectivity index (χ1v) is 6.96. The van der Waals surface area contributed by atoms with E-state index in [1.54, 1.807) is 7.11 Å². The maximum Gasteiger partial charge on any atom is 0.228 e. The van der Waals surface area contributed by atoms with Crippen molar-refractivity contribution in [3.63, 3.8) is 0 Å². The van der Waals surface area contributed by atoms with Gasteiger partial charge >= 0.3 is 0 Å². The van der Waals surface area contributed by atoms with Crippen LogP contribution in [0.1, 0.15) is 27.7 Å². The molecule has 1 saturated carbocycles. The van der Waals surface area contributed by atoms with E-state index in [2.05, 4.69) is 39.1 Å². The van der Waals surface area contributed by atoms with Crippen molar-refractivity contribution in [3.05, 3.63) is 35.9 Å². The van der Waals surface area contributed by atoms with Gasteiger partial charge in [0.15, 0.2) is 0 Å². The molecule has 1 aliphatic rings. The maximum absolute atomic E-state index is 12.4. The first-order chi connectivity index (χ1) is 9.36. The lowest BCUT2D eigenvalue weighted by Gasteiger charge is -2.07. The summed E-state index contributed by atoms with van der Waals surface area (Å²) in [5, 5.41) is 2.99. The minimum atomic E-state index is 0.0419. The highest BCUT2D eigenvalue weighted by Crippen LogP contribution is 2.59. The van der Waals surface area contributed by atoms with Gasteiger partial charge in [-0.15, -0.1) is 0 Å². The zero-order valence-corrected chi connectivity index (χ0v) is 12.9. The molecule has 1 aromatic carbocycles. The largest absolute Gasteiger partial charge is 0.497 e. The van der Waals surface area contributed by atoms with Crippen LogP contribution in [0.3, 0.4) is 0 Å². The highest BCUT2D eigenvalue weighted by atomic mass is 16.5. The minimum Gasteiger partial charge on any atom is -0.497 e. The van der Waals surface area contributed by atoms with Gasteiger partial charge in [0.2, 0.25) is 5.91 Å². The molecule has 2 atom stereocenters. The van der Waals surface area contributed by atoms with Crippen molar-refractivity contribution < 1.29 is 9.53 Å². The molecule has 0 aromatic heterocycles. The number of benzene rings is 1. The Labute approximate surface area is 121 Å². The zero-order valence-electron chi connectivity index (χ0n) is 12.9. The Morgan fingerprint density at radius 1 is 1.35 bits per heavy atom. The van der Waals surface area contributed by atoms with Gasteiger partial charge in [0.25, 0.3) is 0 Å². The van der Waals surface area contributed by atoms with E-state index in [9.17, 15) is 4.79 Å². The van der Waals surface area contributed by atoms with Gasteiger partial charge in [0, 0.05) is 11.8 Å². The molecule has 1 fully saturated rings. The fourth-order valence-electron chi connectivity index (χ4n) is 2.77. The van der Waals surface area contributed by atoms with Crippen molar-refractivity contribution in [2.75, 3.05) is 12.4 Å². The van der Waals surface area contributed by atoms with Crippen LogP contribution in [-0.4, -0.2) is 13.0 Å². The van der Waals surface area contributed by atoms with Gasteiger partial charge < -0.3 is 10.1 Å². The summed E-state index contributed by atoms with van der Waals surface area (Å²) in [7, 11) is 1.62. The Kier molecular flexibility index (Phi) is 3.89. The number of carbonyl (C=O) groups excluding carboxylic acids is 1. The molecule has 1 N–H and O–H groups in total. The zero-order chi connectivity index (χ0) is 14.9. The van der Waals surface area contributed by atoms with Crippen molar-refractivity contribution in [2.24, 2.45) is 17.3 Å². The van der Waals surface area contributed by atoms with Gasteiger partial charge in [-0.1, -0.05) is 31.6 Å². The number of allylic oxidation sites excluding steroid dienone is 2. The second-order valence-electron chi connectivity index (χ2n) is 6.29. The summed E-state index contributed by atoms with van der Waals surface area (Å²) in [6.45, 7) is 8.44. The lowest BCUT2D eigenvalue weighted by atomic mass is 10.1. The van der Waals surface area contributed by atoms with Crippen molar-refractivity contribution in [1.82, 2.24) is 0 Å². The SMILES string of the molecule is COc1cccc(NC(=O)[C@H]2[C@H](C=C(C)C)C2(C)C)c1. The van der Waals surface area contributed by atoms with Crippen LogP contribution >= 0.6 is 0 Å². The van der Waals surface area contributed by atoms with Gasteiger partial charge in [-0.3, -0.25) is 4.79 Å². The number of anilines is 1. The molecule has 1 amide bonds. The second-order valence-corrected chi connectivity index (χ2v) is 6.29. The monoisotopic (exact) mass is 273 g/mol. The molecule has 2 rings (SSSR count). The number of hydrogen-bond acceptors (Lipinski definition) is 2. The Hall–Kier alpha value is -1.77. The summed E-state index contributed by atoms with van der Waals surface area (Å²) in [6.07, 6.45) is 2.20. The average molecular weight is 273 g/mol. The topological polar surface area (TPSA) is 38.3 Å². The fraction of sp³-hybridized carbons (Fsp3) is 0.471. The van der Waals surface area contributed by atoms with E-state index >= 15 is 0 Å². The van der Waals surface area contributed by atoms with E-state index in [1.165, 1.54) is 5.57 Å². The van der Waals surface area contributed by atoms with Crippen LogP contribution in [0.5, 0.6) is 5.75 Å². The van der Waals surface area contributed by atoms with Crippen LogP contribution in [0.15, 0.2) is 35.9 Å². The molecule has 0 heterocycles. The Bertz CT molecular complexity index is 542. The predicted octanol–water partition coefficient (Wildman–Crippen LogP) is 3.87. The molecule has 20 heavy (non-hydrogen) atoms. The molecule has 1 aromatic rings. The Morgan fingerprint density at radius 2 is 2.05 bits per heavy atom. The van der Waals surface area contributed by atoms with E-state index < -0.39 is 0 Å². The van der Waals surface area contributed by atoms with Gasteiger partial charge in [0.1, 0.15) is 5.75 Å². The summed E-state index contributed by atoms with van der Waals surface area (Å²) < 4.78 is 5.17.